The molecule has 1 atom stereocenters. The summed E-state index contributed by atoms with van der Waals surface area (Å²) < 4.78 is 11.0. The van der Waals surface area contributed by atoms with Crippen LogP contribution in [-0.4, -0.2) is 97.8 Å². The number of hydrogen-bond donors (Lipinski definition) is 3. The van der Waals surface area contributed by atoms with Gasteiger partial charge in [0, 0.05) is 32.7 Å². The minimum Gasteiger partial charge on any atom is -0.507 e. The summed E-state index contributed by atoms with van der Waals surface area (Å²) in [5, 5.41) is 19.7. The average Bonchev–Trinajstić information content (AvgIpc) is 2.68. The third-order valence-corrected chi connectivity index (χ3v) is 5.16. The molecule has 4 N–H and O–H groups in total. The first-order valence-electron chi connectivity index (χ1n) is 9.70. The fourth-order valence-corrected chi connectivity index (χ4v) is 3.58. The fraction of sp³-hybridized carbons (Fsp3) is 0.579. The molecule has 1 unspecified atom stereocenters. The van der Waals surface area contributed by atoms with Crippen LogP contribution >= 0.6 is 0 Å². The third-order valence-electron chi connectivity index (χ3n) is 5.16. The topological polar surface area (TPSA) is 126 Å². The number of morpholine rings is 1. The van der Waals surface area contributed by atoms with Gasteiger partial charge in [0.05, 0.1) is 27.1 Å². The first-order valence-corrected chi connectivity index (χ1v) is 9.70. The standard InChI is InChI=1S/C19H26BN3O6/c20-4-3-12-1-2-15(16(17(12)24)19(26)27)29-13-9-22(10-13)11-14(21)18(25)23-5-7-28-8-6-23/h1-2,13-14,24H,3-11,21H2,(H,26,27). The SMILES string of the molecule is [B]CCc1ccc(OC2CN(CC(N)C(=O)N3CCOCC3)C2)c(C(=O)O)c1O. The highest BCUT2D eigenvalue weighted by Crippen LogP contribution is 2.33. The molecule has 1 aromatic rings. The zero-order chi connectivity index (χ0) is 21.0. The van der Waals surface area contributed by atoms with Gasteiger partial charge in [-0.05, 0) is 18.1 Å². The first-order chi connectivity index (χ1) is 13.9. The van der Waals surface area contributed by atoms with Crippen LogP contribution in [0.15, 0.2) is 12.1 Å². The van der Waals surface area contributed by atoms with Gasteiger partial charge in [-0.1, -0.05) is 12.4 Å². The number of nitrogens with two attached hydrogens (primary N) is 1. The summed E-state index contributed by atoms with van der Waals surface area (Å²) in [6, 6.07) is 2.55. The Kier molecular flexibility index (Phi) is 6.99. The summed E-state index contributed by atoms with van der Waals surface area (Å²) in [6.45, 7) is 3.62. The van der Waals surface area contributed by atoms with E-state index in [-0.39, 0.29) is 29.1 Å². The van der Waals surface area contributed by atoms with Crippen LogP contribution in [0.5, 0.6) is 11.5 Å². The lowest BCUT2D eigenvalue weighted by molar-refractivity contribution is -0.137. The molecule has 2 heterocycles. The van der Waals surface area contributed by atoms with Gasteiger partial charge < -0.3 is 30.3 Å². The summed E-state index contributed by atoms with van der Waals surface area (Å²) in [5.74, 6) is -1.54. The zero-order valence-corrected chi connectivity index (χ0v) is 16.2. The second-order valence-electron chi connectivity index (χ2n) is 7.29. The number of carboxylic acid groups (broad SMARTS) is 1. The summed E-state index contributed by atoms with van der Waals surface area (Å²) in [4.78, 5) is 27.6. The molecule has 156 valence electrons. The number of benzene rings is 1. The van der Waals surface area contributed by atoms with Crippen molar-refractivity contribution in [3.05, 3.63) is 23.3 Å². The molecule has 2 aliphatic rings. The van der Waals surface area contributed by atoms with Crippen LogP contribution in [0.4, 0.5) is 0 Å². The molecule has 2 fully saturated rings. The van der Waals surface area contributed by atoms with Crippen LogP contribution < -0.4 is 10.5 Å². The van der Waals surface area contributed by atoms with Crippen molar-refractivity contribution in [2.45, 2.75) is 24.9 Å². The molecule has 0 aromatic heterocycles. The Bertz CT molecular complexity index is 750. The van der Waals surface area contributed by atoms with E-state index < -0.39 is 12.0 Å². The van der Waals surface area contributed by atoms with Crippen molar-refractivity contribution < 1.29 is 29.3 Å². The predicted octanol–water partition coefficient (Wildman–Crippen LogP) is -0.531. The smallest absolute Gasteiger partial charge is 0.343 e. The van der Waals surface area contributed by atoms with Crippen LogP contribution in [-0.2, 0) is 16.0 Å². The number of aryl methyl sites for hydroxylation is 1. The molecule has 3 rings (SSSR count). The highest BCUT2D eigenvalue weighted by Gasteiger charge is 2.33. The fourth-order valence-electron chi connectivity index (χ4n) is 3.58. The van der Waals surface area contributed by atoms with Gasteiger partial charge in [0.2, 0.25) is 5.91 Å². The number of aromatic hydroxyl groups is 1. The Morgan fingerprint density at radius 3 is 2.62 bits per heavy atom. The molecule has 29 heavy (non-hydrogen) atoms. The van der Waals surface area contributed by atoms with E-state index in [1.807, 2.05) is 4.90 Å². The highest BCUT2D eigenvalue weighted by atomic mass is 16.5. The van der Waals surface area contributed by atoms with E-state index in [4.69, 9.17) is 23.1 Å². The van der Waals surface area contributed by atoms with Crippen molar-refractivity contribution in [3.8, 4) is 11.5 Å². The molecule has 10 heteroatoms. The summed E-state index contributed by atoms with van der Waals surface area (Å²) in [6.07, 6.45) is 0.436. The van der Waals surface area contributed by atoms with E-state index in [2.05, 4.69) is 0 Å². The van der Waals surface area contributed by atoms with Crippen molar-refractivity contribution in [2.24, 2.45) is 5.73 Å². The molecular formula is C19H26BN3O6. The number of ether oxygens (including phenoxy) is 2. The number of carbonyl (C=O) groups is 2. The molecule has 1 amide bonds. The first kappa shape index (κ1) is 21.4. The van der Waals surface area contributed by atoms with Gasteiger partial charge in [-0.3, -0.25) is 9.69 Å². The number of rotatable bonds is 8. The van der Waals surface area contributed by atoms with E-state index in [0.29, 0.717) is 64.2 Å². The van der Waals surface area contributed by atoms with Gasteiger partial charge in [-0.2, -0.15) is 0 Å². The number of hydrogen-bond acceptors (Lipinski definition) is 7. The number of phenols is 1. The lowest BCUT2D eigenvalue weighted by Crippen LogP contribution is -2.60. The van der Waals surface area contributed by atoms with E-state index in [1.165, 1.54) is 0 Å². The molecule has 2 aliphatic heterocycles. The lowest BCUT2D eigenvalue weighted by Gasteiger charge is -2.40. The molecule has 0 spiro atoms. The van der Waals surface area contributed by atoms with Crippen molar-refractivity contribution in [2.75, 3.05) is 45.9 Å². The van der Waals surface area contributed by atoms with Crippen LogP contribution in [0.25, 0.3) is 0 Å². The zero-order valence-electron chi connectivity index (χ0n) is 16.2. The monoisotopic (exact) mass is 403 g/mol. The van der Waals surface area contributed by atoms with E-state index >= 15 is 0 Å². The van der Waals surface area contributed by atoms with Gasteiger partial charge >= 0.3 is 5.97 Å². The summed E-state index contributed by atoms with van der Waals surface area (Å²) >= 11 is 0. The molecule has 2 saturated heterocycles. The number of carboxylic acids is 1. The third kappa shape index (κ3) is 5.01. The van der Waals surface area contributed by atoms with Crippen molar-refractivity contribution >= 4 is 19.7 Å². The quantitative estimate of drug-likeness (QED) is 0.495. The largest absolute Gasteiger partial charge is 0.507 e. The van der Waals surface area contributed by atoms with Crippen molar-refractivity contribution in [1.29, 1.82) is 0 Å². The molecule has 0 aliphatic carbocycles. The Hall–Kier alpha value is -2.30. The summed E-state index contributed by atoms with van der Waals surface area (Å²) in [7, 11) is 5.49. The second kappa shape index (κ2) is 9.47. The van der Waals surface area contributed by atoms with Crippen LogP contribution in [0, 0.1) is 0 Å². The maximum Gasteiger partial charge on any atom is 0.343 e. The van der Waals surface area contributed by atoms with Gasteiger partial charge in [-0.25, -0.2) is 4.79 Å². The molecule has 9 nitrogen and oxygen atoms in total. The maximum absolute atomic E-state index is 12.4. The highest BCUT2D eigenvalue weighted by molar-refractivity contribution is 6.08. The van der Waals surface area contributed by atoms with E-state index in [0.717, 1.165) is 0 Å². The van der Waals surface area contributed by atoms with Gasteiger partial charge in [-0.15, -0.1) is 0 Å². The molecule has 1 aromatic carbocycles. The molecule has 0 bridgehead atoms. The maximum atomic E-state index is 12.4. The van der Waals surface area contributed by atoms with Gasteiger partial charge in [0.15, 0.2) is 0 Å². The lowest BCUT2D eigenvalue weighted by atomic mass is 9.95. The Labute approximate surface area is 170 Å². The van der Waals surface area contributed by atoms with Crippen molar-refractivity contribution in [1.82, 2.24) is 9.80 Å². The molecular weight excluding hydrogens is 377 g/mol. The van der Waals surface area contributed by atoms with E-state index in [9.17, 15) is 19.8 Å². The second-order valence-corrected chi connectivity index (χ2v) is 7.29. The Morgan fingerprint density at radius 1 is 1.31 bits per heavy atom. The number of nitrogens with zero attached hydrogens (tertiary/aromatic N) is 2. The number of amides is 1. The summed E-state index contributed by atoms with van der Waals surface area (Å²) in [5.41, 5.74) is 6.27. The number of carbonyl (C=O) groups excluding carboxylic acids is 1. The average molecular weight is 403 g/mol. The van der Waals surface area contributed by atoms with Gasteiger partial charge in [0.25, 0.3) is 0 Å². The molecule has 0 saturated carbocycles. The van der Waals surface area contributed by atoms with Crippen LogP contribution in [0.2, 0.25) is 6.32 Å². The Balaban J connectivity index is 1.53. The van der Waals surface area contributed by atoms with E-state index in [1.54, 1.807) is 17.0 Å². The van der Waals surface area contributed by atoms with Crippen LogP contribution in [0.3, 0.4) is 0 Å². The minimum absolute atomic E-state index is 0.0914. The Morgan fingerprint density at radius 2 is 2.00 bits per heavy atom. The number of aromatic carboxylic acids is 1. The van der Waals surface area contributed by atoms with Gasteiger partial charge in [0.1, 0.15) is 23.2 Å². The number of likely N-dealkylation sites (tertiary alicyclic amines) is 1. The predicted molar refractivity (Wildman–Crippen MR) is 106 cm³/mol. The van der Waals surface area contributed by atoms with Crippen molar-refractivity contribution in [3.63, 3.8) is 0 Å². The minimum atomic E-state index is -1.26. The normalized spacial score (nSPS) is 18.9. The van der Waals surface area contributed by atoms with Crippen LogP contribution in [0.1, 0.15) is 15.9 Å². The molecule has 2 radical (unpaired) electrons.